The Morgan fingerprint density at radius 1 is 0.906 bits per heavy atom. The number of rotatable bonds is 14. The minimum atomic E-state index is -1.49. The Balaban J connectivity index is 1.67. The highest BCUT2D eigenvalue weighted by molar-refractivity contribution is 5.90. The highest BCUT2D eigenvalue weighted by Crippen LogP contribution is 2.25. The van der Waals surface area contributed by atoms with Crippen LogP contribution in [0.4, 0.5) is 5.69 Å². The molecule has 1 aromatic rings. The lowest BCUT2D eigenvalue weighted by Crippen LogP contribution is -2.60. The highest BCUT2D eigenvalue weighted by atomic mass is 16.7. The molecule has 1 fully saturated rings. The number of anilines is 1. The van der Waals surface area contributed by atoms with Crippen molar-refractivity contribution in [2.24, 2.45) is 0 Å². The van der Waals surface area contributed by atoms with E-state index in [0.717, 1.165) is 12.8 Å². The van der Waals surface area contributed by atoms with E-state index in [1.165, 1.54) is 44.9 Å². The Morgan fingerprint density at radius 3 is 2.09 bits per heavy atom. The summed E-state index contributed by atoms with van der Waals surface area (Å²) in [6.07, 6.45) is 4.67. The predicted molar refractivity (Wildman–Crippen MR) is 121 cm³/mol. The summed E-state index contributed by atoms with van der Waals surface area (Å²) in [5.41, 5.74) is 0.632. The van der Waals surface area contributed by atoms with Crippen molar-refractivity contribution in [1.82, 2.24) is 0 Å². The van der Waals surface area contributed by atoms with Crippen LogP contribution in [-0.2, 0) is 9.53 Å². The van der Waals surface area contributed by atoms with Gasteiger partial charge in [0.2, 0.25) is 12.2 Å². The lowest BCUT2D eigenvalue weighted by Gasteiger charge is -2.39. The molecule has 1 saturated heterocycles. The fraction of sp³-hybridized carbons (Fsp3) is 0.708. The monoisotopic (exact) mass is 453 g/mol. The average Bonchev–Trinajstić information content (AvgIpc) is 2.79. The molecular weight excluding hydrogens is 414 g/mol. The molecule has 32 heavy (non-hydrogen) atoms. The average molecular weight is 454 g/mol. The molecule has 1 aliphatic rings. The summed E-state index contributed by atoms with van der Waals surface area (Å²) in [4.78, 5) is 12.1. The number of ether oxygens (including phenoxy) is 2. The molecule has 8 nitrogen and oxygen atoms in total. The number of aliphatic hydroxyl groups is 4. The van der Waals surface area contributed by atoms with Gasteiger partial charge in [-0.1, -0.05) is 58.3 Å². The Labute approximate surface area is 190 Å². The van der Waals surface area contributed by atoms with Crippen molar-refractivity contribution in [3.63, 3.8) is 0 Å². The molecule has 1 aromatic carbocycles. The summed E-state index contributed by atoms with van der Waals surface area (Å²) in [7, 11) is 0. The van der Waals surface area contributed by atoms with Gasteiger partial charge in [0.05, 0.1) is 6.61 Å². The standard InChI is InChI=1S/C24H39NO7/c1-2-3-4-5-6-7-8-9-10-11-20(27)25-17-12-14-18(15-13-17)31-24-23(30)22(29)21(28)19(16-26)32-24/h12-15,19,21-24,26,28-30H,2-11,16H2,1H3,(H,25,27)/t19-,21-,22+,23-,24?/m1/s1. The normalized spacial score (nSPS) is 25.5. The smallest absolute Gasteiger partial charge is 0.229 e. The van der Waals surface area contributed by atoms with Crippen LogP contribution < -0.4 is 10.1 Å². The van der Waals surface area contributed by atoms with E-state index in [4.69, 9.17) is 9.47 Å². The summed E-state index contributed by atoms with van der Waals surface area (Å²) in [5.74, 6) is 0.321. The highest BCUT2D eigenvalue weighted by Gasteiger charge is 2.44. The second kappa shape index (κ2) is 14.4. The van der Waals surface area contributed by atoms with Crippen molar-refractivity contribution >= 4 is 11.6 Å². The summed E-state index contributed by atoms with van der Waals surface area (Å²) in [5, 5.41) is 41.8. The molecule has 0 radical (unpaired) electrons. The molecule has 0 saturated carbocycles. The molecule has 2 rings (SSSR count). The topological polar surface area (TPSA) is 128 Å². The first-order valence-electron chi connectivity index (χ1n) is 11.8. The molecule has 0 aliphatic carbocycles. The first-order chi connectivity index (χ1) is 15.5. The number of unbranched alkanes of at least 4 members (excludes halogenated alkanes) is 8. The fourth-order valence-corrected chi connectivity index (χ4v) is 3.74. The number of nitrogens with one attached hydrogen (secondary N) is 1. The summed E-state index contributed by atoms with van der Waals surface area (Å²) in [6.45, 7) is 1.70. The molecule has 1 heterocycles. The second-order valence-corrected chi connectivity index (χ2v) is 8.47. The van der Waals surface area contributed by atoms with Gasteiger partial charge < -0.3 is 35.2 Å². The van der Waals surface area contributed by atoms with Crippen molar-refractivity contribution in [3.05, 3.63) is 24.3 Å². The zero-order valence-corrected chi connectivity index (χ0v) is 19.0. The molecule has 5 atom stereocenters. The quantitative estimate of drug-likeness (QED) is 0.274. The predicted octanol–water partition coefficient (Wildman–Crippen LogP) is 2.72. The van der Waals surface area contributed by atoms with Gasteiger partial charge >= 0.3 is 0 Å². The van der Waals surface area contributed by atoms with E-state index in [0.29, 0.717) is 17.9 Å². The van der Waals surface area contributed by atoms with Crippen LogP contribution in [0.3, 0.4) is 0 Å². The number of carbonyl (C=O) groups is 1. The Kier molecular flexibility index (Phi) is 12.0. The van der Waals surface area contributed by atoms with E-state index in [9.17, 15) is 25.2 Å². The number of carbonyl (C=O) groups excluding carboxylic acids is 1. The van der Waals surface area contributed by atoms with Gasteiger partial charge in [-0.2, -0.15) is 0 Å². The third-order valence-electron chi connectivity index (χ3n) is 5.75. The van der Waals surface area contributed by atoms with Crippen molar-refractivity contribution in [2.45, 2.75) is 102 Å². The summed E-state index contributed by atoms with van der Waals surface area (Å²) in [6, 6.07) is 6.56. The van der Waals surface area contributed by atoms with Gasteiger partial charge in [-0.05, 0) is 30.7 Å². The van der Waals surface area contributed by atoms with E-state index >= 15 is 0 Å². The van der Waals surface area contributed by atoms with Crippen LogP contribution in [0, 0.1) is 0 Å². The van der Waals surface area contributed by atoms with Gasteiger partial charge in [0, 0.05) is 12.1 Å². The van der Waals surface area contributed by atoms with Gasteiger partial charge in [-0.25, -0.2) is 0 Å². The zero-order chi connectivity index (χ0) is 23.3. The molecule has 0 bridgehead atoms. The van der Waals surface area contributed by atoms with Crippen LogP contribution in [0.1, 0.15) is 71.1 Å². The Hall–Kier alpha value is -1.71. The van der Waals surface area contributed by atoms with E-state index in [1.54, 1.807) is 24.3 Å². The van der Waals surface area contributed by atoms with Crippen LogP contribution in [0.15, 0.2) is 24.3 Å². The Morgan fingerprint density at radius 2 is 1.50 bits per heavy atom. The third-order valence-corrected chi connectivity index (χ3v) is 5.75. The molecule has 1 aliphatic heterocycles. The minimum Gasteiger partial charge on any atom is -0.462 e. The number of amides is 1. The maximum Gasteiger partial charge on any atom is 0.229 e. The number of benzene rings is 1. The van der Waals surface area contributed by atoms with Crippen LogP contribution in [0.2, 0.25) is 0 Å². The van der Waals surface area contributed by atoms with Crippen LogP contribution in [-0.4, -0.2) is 63.6 Å². The van der Waals surface area contributed by atoms with Crippen molar-refractivity contribution < 1.29 is 34.7 Å². The zero-order valence-electron chi connectivity index (χ0n) is 19.0. The molecule has 1 amide bonds. The van der Waals surface area contributed by atoms with Gasteiger partial charge in [0.25, 0.3) is 0 Å². The van der Waals surface area contributed by atoms with Crippen LogP contribution in [0.5, 0.6) is 5.75 Å². The minimum absolute atomic E-state index is 0.0319. The van der Waals surface area contributed by atoms with Gasteiger partial charge in [0.1, 0.15) is 30.2 Å². The molecule has 182 valence electrons. The molecule has 0 spiro atoms. The van der Waals surface area contributed by atoms with Gasteiger partial charge in [0.15, 0.2) is 0 Å². The molecule has 8 heteroatoms. The van der Waals surface area contributed by atoms with E-state index in [1.807, 2.05) is 0 Å². The number of hydrogen-bond acceptors (Lipinski definition) is 7. The summed E-state index contributed by atoms with van der Waals surface area (Å²) < 4.78 is 10.9. The van der Waals surface area contributed by atoms with Crippen LogP contribution >= 0.6 is 0 Å². The maximum atomic E-state index is 12.1. The number of hydrogen-bond donors (Lipinski definition) is 5. The van der Waals surface area contributed by atoms with Crippen molar-refractivity contribution in [3.8, 4) is 5.75 Å². The first-order valence-corrected chi connectivity index (χ1v) is 11.8. The number of aliphatic hydroxyl groups excluding tert-OH is 4. The van der Waals surface area contributed by atoms with E-state index < -0.39 is 37.3 Å². The second-order valence-electron chi connectivity index (χ2n) is 8.47. The lowest BCUT2D eigenvalue weighted by atomic mass is 9.99. The van der Waals surface area contributed by atoms with E-state index in [-0.39, 0.29) is 5.91 Å². The third kappa shape index (κ3) is 8.67. The van der Waals surface area contributed by atoms with Crippen molar-refractivity contribution in [2.75, 3.05) is 11.9 Å². The molecule has 1 unspecified atom stereocenters. The van der Waals surface area contributed by atoms with Crippen molar-refractivity contribution in [1.29, 1.82) is 0 Å². The fourth-order valence-electron chi connectivity index (χ4n) is 3.74. The largest absolute Gasteiger partial charge is 0.462 e. The van der Waals surface area contributed by atoms with Gasteiger partial charge in [-0.3, -0.25) is 4.79 Å². The Bertz CT molecular complexity index is 652. The SMILES string of the molecule is CCCCCCCCCCCC(=O)Nc1ccc(OC2O[C@H](CO)[C@@H](O)[C@H](O)[C@H]2O)cc1. The maximum absolute atomic E-state index is 12.1. The van der Waals surface area contributed by atoms with E-state index in [2.05, 4.69) is 12.2 Å². The lowest BCUT2D eigenvalue weighted by molar-refractivity contribution is -0.277. The first kappa shape index (κ1) is 26.5. The molecule has 0 aromatic heterocycles. The van der Waals surface area contributed by atoms with Gasteiger partial charge in [-0.15, -0.1) is 0 Å². The molecule has 5 N–H and O–H groups in total. The van der Waals surface area contributed by atoms with Crippen LogP contribution in [0.25, 0.3) is 0 Å². The summed E-state index contributed by atoms with van der Waals surface area (Å²) >= 11 is 0. The molecular formula is C24H39NO7.